The number of nitriles is 1. The number of amides is 1. The number of aryl methyl sites for hydroxylation is 1. The van der Waals surface area contributed by atoms with Crippen LogP contribution in [-0.4, -0.2) is 26.8 Å². The van der Waals surface area contributed by atoms with Crippen molar-refractivity contribution in [1.29, 1.82) is 5.26 Å². The Morgan fingerprint density at radius 3 is 2.77 bits per heavy atom. The third kappa shape index (κ3) is 4.32. The summed E-state index contributed by atoms with van der Waals surface area (Å²) in [6.45, 7) is 3.68. The quantitative estimate of drug-likeness (QED) is 0.446. The molecule has 0 spiro atoms. The summed E-state index contributed by atoms with van der Waals surface area (Å²) in [5, 5.41) is 13.7. The topological polar surface area (TPSA) is 87.8 Å². The van der Waals surface area contributed by atoms with Crippen molar-refractivity contribution in [2.45, 2.75) is 37.4 Å². The number of carbonyl (C=O) groups excluding carboxylic acids is 1. The van der Waals surface area contributed by atoms with Gasteiger partial charge in [-0.3, -0.25) is 14.2 Å². The summed E-state index contributed by atoms with van der Waals surface area (Å²) in [5.41, 5.74) is 1.01. The highest BCUT2D eigenvalue weighted by molar-refractivity contribution is 7.99. The van der Waals surface area contributed by atoms with Gasteiger partial charge in [0.15, 0.2) is 5.16 Å². The molecule has 1 fully saturated rings. The zero-order chi connectivity index (χ0) is 22.2. The Bertz CT molecular complexity index is 1280. The van der Waals surface area contributed by atoms with Gasteiger partial charge in [-0.25, -0.2) is 4.98 Å². The zero-order valence-corrected chi connectivity index (χ0v) is 18.8. The lowest BCUT2D eigenvalue weighted by molar-refractivity contribution is -0.119. The monoisotopic (exact) mass is 452 g/mol. The van der Waals surface area contributed by atoms with Crippen molar-refractivity contribution >= 4 is 40.2 Å². The van der Waals surface area contributed by atoms with Crippen LogP contribution in [0.2, 0.25) is 5.02 Å². The average Bonchev–Trinajstić information content (AvgIpc) is 3.59. The first kappa shape index (κ1) is 21.4. The number of thioether (sulfide) groups is 1. The summed E-state index contributed by atoms with van der Waals surface area (Å²) < 4.78 is 1.54. The predicted molar refractivity (Wildman–Crippen MR) is 123 cm³/mol. The largest absolute Gasteiger partial charge is 0.337 e. The van der Waals surface area contributed by atoms with Gasteiger partial charge in [0.1, 0.15) is 5.54 Å². The van der Waals surface area contributed by atoms with Crippen LogP contribution in [0.3, 0.4) is 0 Å². The van der Waals surface area contributed by atoms with E-state index in [0.29, 0.717) is 26.8 Å². The molecule has 1 saturated carbocycles. The summed E-state index contributed by atoms with van der Waals surface area (Å²) in [6, 6.07) is 14.7. The molecule has 0 saturated heterocycles. The molecular formula is C23H21ClN4O2S. The Balaban J connectivity index is 1.71. The van der Waals surface area contributed by atoms with E-state index in [2.05, 4.69) is 16.4 Å². The Hall–Kier alpha value is -2.82. The van der Waals surface area contributed by atoms with Crippen LogP contribution in [0.25, 0.3) is 16.6 Å². The van der Waals surface area contributed by atoms with Crippen molar-refractivity contribution in [1.82, 2.24) is 14.9 Å². The van der Waals surface area contributed by atoms with Crippen LogP contribution in [-0.2, 0) is 4.79 Å². The summed E-state index contributed by atoms with van der Waals surface area (Å²) >= 11 is 7.27. The Labute approximate surface area is 189 Å². The van der Waals surface area contributed by atoms with Crippen LogP contribution in [0.5, 0.6) is 0 Å². The van der Waals surface area contributed by atoms with Gasteiger partial charge < -0.3 is 5.32 Å². The lowest BCUT2D eigenvalue weighted by Gasteiger charge is -2.22. The van der Waals surface area contributed by atoms with E-state index in [1.807, 2.05) is 31.2 Å². The van der Waals surface area contributed by atoms with Gasteiger partial charge in [-0.2, -0.15) is 5.26 Å². The van der Waals surface area contributed by atoms with E-state index < -0.39 is 5.54 Å². The highest BCUT2D eigenvalue weighted by atomic mass is 35.5. The molecule has 0 radical (unpaired) electrons. The number of para-hydroxylation sites is 1. The minimum Gasteiger partial charge on any atom is -0.337 e. The van der Waals surface area contributed by atoms with Gasteiger partial charge in [-0.15, -0.1) is 0 Å². The highest BCUT2D eigenvalue weighted by Gasteiger charge is 2.43. The number of aromatic nitrogens is 2. The fourth-order valence-electron chi connectivity index (χ4n) is 3.60. The molecule has 1 aromatic heterocycles. The number of hydrogen-bond acceptors (Lipinski definition) is 5. The van der Waals surface area contributed by atoms with Crippen LogP contribution in [0.4, 0.5) is 0 Å². The van der Waals surface area contributed by atoms with Crippen molar-refractivity contribution in [2.24, 2.45) is 5.92 Å². The number of rotatable bonds is 6. The van der Waals surface area contributed by atoms with Crippen molar-refractivity contribution in [3.8, 4) is 11.8 Å². The molecule has 6 nitrogen and oxygen atoms in total. The molecule has 1 aliphatic carbocycles. The second-order valence-corrected chi connectivity index (χ2v) is 9.29. The number of carbonyl (C=O) groups is 1. The zero-order valence-electron chi connectivity index (χ0n) is 17.2. The van der Waals surface area contributed by atoms with Crippen LogP contribution >= 0.6 is 23.4 Å². The number of fused-ring (bicyclic) bond motifs is 1. The molecular weight excluding hydrogens is 432 g/mol. The fourth-order valence-corrected chi connectivity index (χ4v) is 4.57. The number of nitrogens with one attached hydrogen (secondary N) is 1. The smallest absolute Gasteiger partial charge is 0.266 e. The molecule has 8 heteroatoms. The van der Waals surface area contributed by atoms with Crippen LogP contribution in [0, 0.1) is 24.2 Å². The molecule has 0 bridgehead atoms. The SMILES string of the molecule is Cc1ccccc1-n1c(SCC(=O)NC(C)(C#N)C2CC2)nc2cc(Cl)ccc2c1=O. The molecule has 158 valence electrons. The number of halogens is 1. The summed E-state index contributed by atoms with van der Waals surface area (Å²) in [6.07, 6.45) is 1.88. The third-order valence-electron chi connectivity index (χ3n) is 5.51. The number of hydrogen-bond donors (Lipinski definition) is 1. The Kier molecular flexibility index (Phi) is 5.78. The normalized spacial score (nSPS) is 15.3. The average molecular weight is 453 g/mol. The maximum absolute atomic E-state index is 13.4. The first-order chi connectivity index (χ1) is 14.8. The first-order valence-electron chi connectivity index (χ1n) is 9.96. The lowest BCUT2D eigenvalue weighted by atomic mass is 9.98. The Morgan fingerprint density at radius 1 is 1.35 bits per heavy atom. The predicted octanol–water partition coefficient (Wildman–Crippen LogP) is 4.25. The van der Waals surface area contributed by atoms with Crippen molar-refractivity contribution in [3.63, 3.8) is 0 Å². The van der Waals surface area contributed by atoms with Gasteiger partial charge in [0.05, 0.1) is 28.4 Å². The van der Waals surface area contributed by atoms with E-state index >= 15 is 0 Å². The fraction of sp³-hybridized carbons (Fsp3) is 0.304. The number of nitrogens with zero attached hydrogens (tertiary/aromatic N) is 3. The molecule has 1 amide bonds. The minimum absolute atomic E-state index is 0.0361. The van der Waals surface area contributed by atoms with Gasteiger partial charge in [0.2, 0.25) is 5.91 Å². The van der Waals surface area contributed by atoms with Gasteiger partial charge in [-0.1, -0.05) is 41.6 Å². The minimum atomic E-state index is -0.863. The molecule has 31 heavy (non-hydrogen) atoms. The van der Waals surface area contributed by atoms with Gasteiger partial charge >= 0.3 is 0 Å². The van der Waals surface area contributed by atoms with Crippen LogP contribution in [0.1, 0.15) is 25.3 Å². The lowest BCUT2D eigenvalue weighted by Crippen LogP contribution is -2.47. The summed E-state index contributed by atoms with van der Waals surface area (Å²) in [5.74, 6) is -0.0377. The van der Waals surface area contributed by atoms with E-state index in [4.69, 9.17) is 11.6 Å². The molecule has 1 atom stereocenters. The molecule has 4 rings (SSSR count). The molecule has 1 heterocycles. The molecule has 0 aliphatic heterocycles. The van der Waals surface area contributed by atoms with E-state index in [-0.39, 0.29) is 23.1 Å². The highest BCUT2D eigenvalue weighted by Crippen LogP contribution is 2.39. The molecule has 1 unspecified atom stereocenters. The van der Waals surface area contributed by atoms with Gasteiger partial charge in [-0.05, 0) is 62.4 Å². The number of benzene rings is 2. The van der Waals surface area contributed by atoms with E-state index in [1.54, 1.807) is 25.1 Å². The standard InChI is InChI=1S/C23H21ClN4O2S/c1-14-5-3-4-6-19(14)28-21(30)17-10-9-16(24)11-18(17)26-22(28)31-12-20(29)27-23(2,13-25)15-7-8-15/h3-6,9-11,15H,7-8,12H2,1-2H3,(H,27,29). The second kappa shape index (κ2) is 8.37. The van der Waals surface area contributed by atoms with Crippen molar-refractivity contribution < 1.29 is 4.79 Å². The van der Waals surface area contributed by atoms with Crippen LogP contribution < -0.4 is 10.9 Å². The van der Waals surface area contributed by atoms with Gasteiger partial charge in [0.25, 0.3) is 5.56 Å². The van der Waals surface area contributed by atoms with E-state index in [1.165, 1.54) is 4.57 Å². The van der Waals surface area contributed by atoms with Crippen molar-refractivity contribution in [3.05, 3.63) is 63.4 Å². The van der Waals surface area contributed by atoms with Gasteiger partial charge in [0, 0.05) is 5.02 Å². The Morgan fingerprint density at radius 2 is 2.10 bits per heavy atom. The summed E-state index contributed by atoms with van der Waals surface area (Å²) in [4.78, 5) is 30.6. The maximum atomic E-state index is 13.4. The summed E-state index contributed by atoms with van der Waals surface area (Å²) in [7, 11) is 0. The van der Waals surface area contributed by atoms with Crippen LogP contribution in [0.15, 0.2) is 52.4 Å². The van der Waals surface area contributed by atoms with Crippen molar-refractivity contribution in [2.75, 3.05) is 5.75 Å². The third-order valence-corrected chi connectivity index (χ3v) is 6.69. The molecule has 1 aliphatic rings. The molecule has 2 aromatic carbocycles. The first-order valence-corrected chi connectivity index (χ1v) is 11.3. The van der Waals surface area contributed by atoms with E-state index in [9.17, 15) is 14.9 Å². The second-order valence-electron chi connectivity index (χ2n) is 7.91. The molecule has 3 aromatic rings. The maximum Gasteiger partial charge on any atom is 0.266 e. The van der Waals surface area contributed by atoms with E-state index in [0.717, 1.165) is 30.2 Å². The molecule has 1 N–H and O–H groups in total.